The average molecular weight is 278 g/mol. The van der Waals surface area contributed by atoms with Gasteiger partial charge in [-0.05, 0) is 24.3 Å². The van der Waals surface area contributed by atoms with Crippen molar-refractivity contribution in [2.24, 2.45) is 5.73 Å². The zero-order chi connectivity index (χ0) is 13.8. The molecule has 1 amide bonds. The zero-order valence-electron chi connectivity index (χ0n) is 8.95. The largest absolute Gasteiger partial charge is 0.573 e. The second-order valence-corrected chi connectivity index (χ2v) is 3.79. The van der Waals surface area contributed by atoms with Crippen molar-refractivity contribution in [2.75, 3.05) is 5.32 Å². The molecule has 98 valence electrons. The molecule has 1 aromatic carbocycles. The molecule has 0 saturated carbocycles. The maximum Gasteiger partial charge on any atom is 0.573 e. The van der Waals surface area contributed by atoms with E-state index in [0.717, 1.165) is 12.1 Å². The first-order chi connectivity index (χ1) is 8.26. The third kappa shape index (κ3) is 5.48. The van der Waals surface area contributed by atoms with Crippen LogP contribution in [-0.2, 0) is 4.79 Å². The standard InChI is InChI=1S/C10H9F3N2O2S/c11-10(12,13)17-7-3-1-6(2-4-7)15-9(16)5-8(14)18/h1-4H,5H2,(H2,14,18)(H,15,16). The molecule has 0 aliphatic carbocycles. The zero-order valence-corrected chi connectivity index (χ0v) is 9.77. The van der Waals surface area contributed by atoms with E-state index >= 15 is 0 Å². The number of hydrogen-bond acceptors (Lipinski definition) is 3. The van der Waals surface area contributed by atoms with Crippen molar-refractivity contribution in [3.05, 3.63) is 24.3 Å². The number of benzene rings is 1. The lowest BCUT2D eigenvalue weighted by atomic mass is 10.3. The van der Waals surface area contributed by atoms with E-state index in [9.17, 15) is 18.0 Å². The van der Waals surface area contributed by atoms with Gasteiger partial charge in [0.05, 0.1) is 11.4 Å². The summed E-state index contributed by atoms with van der Waals surface area (Å²) in [5, 5.41) is 2.42. The van der Waals surface area contributed by atoms with Crippen molar-refractivity contribution in [2.45, 2.75) is 12.8 Å². The highest BCUT2D eigenvalue weighted by atomic mass is 32.1. The fourth-order valence-electron chi connectivity index (χ4n) is 1.10. The van der Waals surface area contributed by atoms with E-state index in [4.69, 9.17) is 5.73 Å². The Morgan fingerprint density at radius 1 is 1.33 bits per heavy atom. The van der Waals surface area contributed by atoms with Crippen molar-refractivity contribution < 1.29 is 22.7 Å². The van der Waals surface area contributed by atoms with Gasteiger partial charge in [0.1, 0.15) is 5.75 Å². The second kappa shape index (κ2) is 5.67. The number of rotatable bonds is 4. The molecule has 4 nitrogen and oxygen atoms in total. The molecule has 0 spiro atoms. The molecule has 0 fully saturated rings. The lowest BCUT2D eigenvalue weighted by molar-refractivity contribution is -0.274. The first-order valence-corrected chi connectivity index (χ1v) is 5.11. The van der Waals surface area contributed by atoms with Crippen molar-refractivity contribution in [3.63, 3.8) is 0 Å². The summed E-state index contributed by atoms with van der Waals surface area (Å²) in [7, 11) is 0. The van der Waals surface area contributed by atoms with Crippen molar-refractivity contribution in [1.29, 1.82) is 0 Å². The van der Waals surface area contributed by atoms with Crippen LogP contribution in [0.3, 0.4) is 0 Å². The van der Waals surface area contributed by atoms with E-state index in [1.165, 1.54) is 12.1 Å². The van der Waals surface area contributed by atoms with Crippen LogP contribution in [0.15, 0.2) is 24.3 Å². The minimum absolute atomic E-state index is 0.0320. The summed E-state index contributed by atoms with van der Waals surface area (Å²) in [5.41, 5.74) is 5.49. The van der Waals surface area contributed by atoms with Gasteiger partial charge >= 0.3 is 6.36 Å². The van der Waals surface area contributed by atoms with Gasteiger partial charge in [-0.15, -0.1) is 13.2 Å². The van der Waals surface area contributed by atoms with Gasteiger partial charge in [0, 0.05) is 5.69 Å². The lowest BCUT2D eigenvalue weighted by Crippen LogP contribution is -2.20. The first-order valence-electron chi connectivity index (χ1n) is 4.70. The number of anilines is 1. The number of alkyl halides is 3. The number of nitrogens with one attached hydrogen (secondary N) is 1. The van der Waals surface area contributed by atoms with Crippen LogP contribution in [0.2, 0.25) is 0 Å². The Morgan fingerprint density at radius 2 is 1.89 bits per heavy atom. The molecule has 0 unspecified atom stereocenters. The van der Waals surface area contributed by atoms with Crippen molar-refractivity contribution in [3.8, 4) is 5.75 Å². The number of amides is 1. The van der Waals surface area contributed by atoms with Gasteiger partial charge in [0.15, 0.2) is 0 Å². The van der Waals surface area contributed by atoms with E-state index in [2.05, 4.69) is 22.3 Å². The molecular weight excluding hydrogens is 269 g/mol. The first kappa shape index (κ1) is 14.2. The van der Waals surface area contributed by atoms with Crippen LogP contribution in [0.4, 0.5) is 18.9 Å². The molecule has 0 aliphatic rings. The van der Waals surface area contributed by atoms with Crippen LogP contribution in [0.5, 0.6) is 5.75 Å². The predicted octanol–water partition coefficient (Wildman–Crippen LogP) is 2.20. The molecular formula is C10H9F3N2O2S. The molecule has 0 atom stereocenters. The summed E-state index contributed by atoms with van der Waals surface area (Å²) in [6.45, 7) is 0. The van der Waals surface area contributed by atoms with E-state index in [0.29, 0.717) is 5.69 Å². The summed E-state index contributed by atoms with van der Waals surface area (Å²) in [5.74, 6) is -0.804. The Morgan fingerprint density at radius 3 is 2.33 bits per heavy atom. The minimum Gasteiger partial charge on any atom is -0.406 e. The SMILES string of the molecule is NC(=S)CC(=O)Nc1ccc(OC(F)(F)F)cc1. The van der Waals surface area contributed by atoms with Crippen LogP contribution in [0, 0.1) is 0 Å². The van der Waals surface area contributed by atoms with Gasteiger partial charge < -0.3 is 15.8 Å². The second-order valence-electron chi connectivity index (χ2n) is 3.26. The number of nitrogens with two attached hydrogens (primary N) is 1. The van der Waals surface area contributed by atoms with E-state index in [-0.39, 0.29) is 17.2 Å². The summed E-state index contributed by atoms with van der Waals surface area (Å²) in [6.07, 6.45) is -4.87. The van der Waals surface area contributed by atoms with Crippen LogP contribution in [0.25, 0.3) is 0 Å². The molecule has 1 aromatic rings. The number of thiocarbonyl (C=S) groups is 1. The molecule has 0 saturated heterocycles. The smallest absolute Gasteiger partial charge is 0.406 e. The van der Waals surface area contributed by atoms with Crippen LogP contribution in [-0.4, -0.2) is 17.3 Å². The molecule has 0 bridgehead atoms. The average Bonchev–Trinajstić information content (AvgIpc) is 2.17. The molecule has 0 aromatic heterocycles. The third-order valence-corrected chi connectivity index (χ3v) is 1.85. The molecule has 0 heterocycles. The van der Waals surface area contributed by atoms with Gasteiger partial charge in [-0.25, -0.2) is 0 Å². The highest BCUT2D eigenvalue weighted by Crippen LogP contribution is 2.23. The molecule has 0 aliphatic heterocycles. The number of hydrogen-bond donors (Lipinski definition) is 2. The van der Waals surface area contributed by atoms with E-state index < -0.39 is 12.3 Å². The van der Waals surface area contributed by atoms with E-state index in [1.807, 2.05) is 0 Å². The maximum atomic E-state index is 11.9. The Labute approximate surface area is 106 Å². The molecule has 3 N–H and O–H groups in total. The summed E-state index contributed by atoms with van der Waals surface area (Å²) in [4.78, 5) is 11.3. The Bertz CT molecular complexity index is 445. The van der Waals surface area contributed by atoms with Crippen LogP contribution < -0.4 is 15.8 Å². The molecule has 18 heavy (non-hydrogen) atoms. The Kier molecular flexibility index (Phi) is 4.49. The lowest BCUT2D eigenvalue weighted by Gasteiger charge is -2.09. The summed E-state index contributed by atoms with van der Waals surface area (Å²) < 4.78 is 39.3. The quantitative estimate of drug-likeness (QED) is 0.829. The molecule has 8 heteroatoms. The third-order valence-electron chi connectivity index (χ3n) is 1.71. The number of carbonyl (C=O) groups excluding carboxylic acids is 1. The number of carbonyl (C=O) groups is 1. The van der Waals surface area contributed by atoms with Gasteiger partial charge in [0.25, 0.3) is 0 Å². The summed E-state index contributed by atoms with van der Waals surface area (Å²) in [6, 6.07) is 4.73. The highest BCUT2D eigenvalue weighted by molar-refractivity contribution is 7.80. The normalized spacial score (nSPS) is 10.8. The predicted molar refractivity (Wildman–Crippen MR) is 63.2 cm³/mol. The fraction of sp³-hybridized carbons (Fsp3) is 0.200. The summed E-state index contributed by atoms with van der Waals surface area (Å²) >= 11 is 4.54. The van der Waals surface area contributed by atoms with E-state index in [1.54, 1.807) is 0 Å². The van der Waals surface area contributed by atoms with Gasteiger partial charge in [0.2, 0.25) is 5.91 Å². The van der Waals surface area contributed by atoms with Crippen molar-refractivity contribution in [1.82, 2.24) is 0 Å². The fourth-order valence-corrected chi connectivity index (χ4v) is 1.23. The van der Waals surface area contributed by atoms with Crippen molar-refractivity contribution >= 4 is 28.8 Å². The molecule has 1 rings (SSSR count). The maximum absolute atomic E-state index is 11.9. The van der Waals surface area contributed by atoms with Crippen LogP contribution in [0.1, 0.15) is 6.42 Å². The minimum atomic E-state index is -4.74. The highest BCUT2D eigenvalue weighted by Gasteiger charge is 2.30. The Hall–Kier alpha value is -1.83. The van der Waals surface area contributed by atoms with Gasteiger partial charge in [-0.3, -0.25) is 4.79 Å². The molecule has 0 radical (unpaired) electrons. The number of ether oxygens (including phenoxy) is 1. The van der Waals surface area contributed by atoms with Gasteiger partial charge in [-0.2, -0.15) is 0 Å². The topological polar surface area (TPSA) is 64.4 Å². The number of halogens is 3. The van der Waals surface area contributed by atoms with Gasteiger partial charge in [-0.1, -0.05) is 12.2 Å². The van der Waals surface area contributed by atoms with Crippen LogP contribution >= 0.6 is 12.2 Å². The Balaban J connectivity index is 2.60. The monoisotopic (exact) mass is 278 g/mol.